The Kier molecular flexibility index (Phi) is 4.47. The van der Waals surface area contributed by atoms with Crippen molar-refractivity contribution in [3.8, 4) is 0 Å². The van der Waals surface area contributed by atoms with Crippen LogP contribution < -0.4 is 9.80 Å². The van der Waals surface area contributed by atoms with Crippen LogP contribution in [0.3, 0.4) is 0 Å². The molecular formula is C18H26N2O. The molecule has 1 amide bonds. The van der Waals surface area contributed by atoms with Crippen molar-refractivity contribution in [1.29, 1.82) is 0 Å². The molecule has 0 saturated heterocycles. The summed E-state index contributed by atoms with van der Waals surface area (Å²) in [5.41, 5.74) is 2.31. The summed E-state index contributed by atoms with van der Waals surface area (Å²) < 4.78 is 0. The highest BCUT2D eigenvalue weighted by molar-refractivity contribution is 5.98. The average molecular weight is 286 g/mol. The lowest BCUT2D eigenvalue weighted by Gasteiger charge is -2.38. The summed E-state index contributed by atoms with van der Waals surface area (Å²) in [5, 5.41) is 0. The molecule has 3 rings (SSSR count). The Morgan fingerprint density at radius 1 is 1.10 bits per heavy atom. The Labute approximate surface area is 127 Å². The van der Waals surface area contributed by atoms with Crippen LogP contribution in [-0.2, 0) is 4.79 Å². The van der Waals surface area contributed by atoms with Crippen molar-refractivity contribution in [3.05, 3.63) is 24.3 Å². The molecular weight excluding hydrogens is 260 g/mol. The number of rotatable bonds is 3. The predicted octanol–water partition coefficient (Wildman–Crippen LogP) is 3.83. The lowest BCUT2D eigenvalue weighted by atomic mass is 9.86. The highest BCUT2D eigenvalue weighted by atomic mass is 16.2. The summed E-state index contributed by atoms with van der Waals surface area (Å²) in [5.74, 6) is 0.938. The van der Waals surface area contributed by atoms with Crippen LogP contribution in [0.4, 0.5) is 11.4 Å². The summed E-state index contributed by atoms with van der Waals surface area (Å²) in [7, 11) is 0. The van der Waals surface area contributed by atoms with Crippen molar-refractivity contribution in [2.24, 2.45) is 5.92 Å². The SMILES string of the molecule is CCN1CCN(C(=O)CC2CCCCC2)c2ccccc21. The molecule has 1 aliphatic carbocycles. The van der Waals surface area contributed by atoms with E-state index in [1.54, 1.807) is 0 Å². The zero-order valence-corrected chi connectivity index (χ0v) is 13.1. The minimum absolute atomic E-state index is 0.324. The number of carbonyl (C=O) groups excluding carboxylic acids is 1. The second-order valence-electron chi connectivity index (χ2n) is 6.32. The quantitative estimate of drug-likeness (QED) is 0.843. The van der Waals surface area contributed by atoms with E-state index in [0.29, 0.717) is 11.8 Å². The van der Waals surface area contributed by atoms with Gasteiger partial charge in [0.1, 0.15) is 0 Å². The molecule has 0 bridgehead atoms. The van der Waals surface area contributed by atoms with Gasteiger partial charge in [0.05, 0.1) is 11.4 Å². The maximum absolute atomic E-state index is 12.7. The second kappa shape index (κ2) is 6.50. The number of likely N-dealkylation sites (N-methyl/N-ethyl adjacent to an activating group) is 1. The largest absolute Gasteiger partial charge is 0.368 e. The summed E-state index contributed by atoms with van der Waals surface area (Å²) in [6, 6.07) is 8.34. The van der Waals surface area contributed by atoms with Gasteiger partial charge in [0.25, 0.3) is 0 Å². The van der Waals surface area contributed by atoms with E-state index in [2.05, 4.69) is 30.0 Å². The average Bonchev–Trinajstić information content (AvgIpc) is 2.54. The van der Waals surface area contributed by atoms with Crippen molar-refractivity contribution in [2.45, 2.75) is 45.4 Å². The van der Waals surface area contributed by atoms with Gasteiger partial charge in [-0.25, -0.2) is 0 Å². The zero-order valence-electron chi connectivity index (χ0n) is 13.1. The van der Waals surface area contributed by atoms with Gasteiger partial charge in [-0.05, 0) is 37.8 Å². The Morgan fingerprint density at radius 3 is 2.52 bits per heavy atom. The topological polar surface area (TPSA) is 23.6 Å². The molecule has 0 unspecified atom stereocenters. The Bertz CT molecular complexity index is 494. The fraction of sp³-hybridized carbons (Fsp3) is 0.611. The highest BCUT2D eigenvalue weighted by Crippen LogP contribution is 2.34. The Hall–Kier alpha value is -1.51. The van der Waals surface area contributed by atoms with E-state index in [4.69, 9.17) is 0 Å². The van der Waals surface area contributed by atoms with Crippen molar-refractivity contribution in [3.63, 3.8) is 0 Å². The van der Waals surface area contributed by atoms with Crippen LogP contribution in [0.1, 0.15) is 45.4 Å². The highest BCUT2D eigenvalue weighted by Gasteiger charge is 2.27. The normalized spacial score (nSPS) is 19.5. The lowest BCUT2D eigenvalue weighted by molar-refractivity contribution is -0.119. The van der Waals surface area contributed by atoms with Gasteiger partial charge in [-0.2, -0.15) is 0 Å². The van der Waals surface area contributed by atoms with Crippen LogP contribution in [0.15, 0.2) is 24.3 Å². The minimum Gasteiger partial charge on any atom is -0.368 e. The van der Waals surface area contributed by atoms with Crippen molar-refractivity contribution in [1.82, 2.24) is 0 Å². The number of benzene rings is 1. The fourth-order valence-electron chi connectivity index (χ4n) is 3.76. The predicted molar refractivity (Wildman–Crippen MR) is 87.9 cm³/mol. The Morgan fingerprint density at radius 2 is 1.81 bits per heavy atom. The molecule has 3 heteroatoms. The molecule has 0 spiro atoms. The standard InChI is InChI=1S/C18H26N2O/c1-2-19-12-13-20(17-11-7-6-10-16(17)19)18(21)14-15-8-4-3-5-9-15/h6-7,10-11,15H,2-5,8-9,12-14H2,1H3. The molecule has 0 radical (unpaired) electrons. The van der Waals surface area contributed by atoms with Gasteiger partial charge in [0, 0.05) is 26.1 Å². The van der Waals surface area contributed by atoms with Crippen LogP contribution in [0.2, 0.25) is 0 Å². The third kappa shape index (κ3) is 3.07. The van der Waals surface area contributed by atoms with Crippen molar-refractivity contribution >= 4 is 17.3 Å². The molecule has 0 atom stereocenters. The van der Waals surface area contributed by atoms with Gasteiger partial charge >= 0.3 is 0 Å². The second-order valence-corrected chi connectivity index (χ2v) is 6.32. The summed E-state index contributed by atoms with van der Waals surface area (Å²) >= 11 is 0. The smallest absolute Gasteiger partial charge is 0.227 e. The van der Waals surface area contributed by atoms with Crippen LogP contribution in [0.25, 0.3) is 0 Å². The number of para-hydroxylation sites is 2. The van der Waals surface area contributed by atoms with E-state index in [9.17, 15) is 4.79 Å². The van der Waals surface area contributed by atoms with E-state index < -0.39 is 0 Å². The first-order valence-electron chi connectivity index (χ1n) is 8.44. The molecule has 1 aromatic carbocycles. The molecule has 1 aliphatic heterocycles. The number of hydrogen-bond acceptors (Lipinski definition) is 2. The first kappa shape index (κ1) is 14.4. The van der Waals surface area contributed by atoms with E-state index in [0.717, 1.165) is 31.7 Å². The van der Waals surface area contributed by atoms with Gasteiger partial charge < -0.3 is 9.80 Å². The molecule has 0 N–H and O–H groups in total. The lowest BCUT2D eigenvalue weighted by Crippen LogP contribution is -2.44. The molecule has 2 aliphatic rings. The van der Waals surface area contributed by atoms with E-state index >= 15 is 0 Å². The molecule has 1 fully saturated rings. The van der Waals surface area contributed by atoms with Gasteiger partial charge in [0.15, 0.2) is 0 Å². The molecule has 1 aromatic rings. The molecule has 1 heterocycles. The summed E-state index contributed by atoms with van der Waals surface area (Å²) in [6.07, 6.45) is 7.17. The summed E-state index contributed by atoms with van der Waals surface area (Å²) in [6.45, 7) is 4.96. The molecule has 0 aromatic heterocycles. The minimum atomic E-state index is 0.324. The molecule has 21 heavy (non-hydrogen) atoms. The van der Waals surface area contributed by atoms with Gasteiger partial charge in [0.2, 0.25) is 5.91 Å². The first-order chi connectivity index (χ1) is 10.3. The van der Waals surface area contributed by atoms with Crippen molar-refractivity contribution < 1.29 is 4.79 Å². The summed E-state index contributed by atoms with van der Waals surface area (Å²) in [4.78, 5) is 17.1. The number of hydrogen-bond donors (Lipinski definition) is 0. The third-order valence-electron chi connectivity index (χ3n) is 4.98. The number of nitrogens with zero attached hydrogens (tertiary/aromatic N) is 2. The molecule has 3 nitrogen and oxygen atoms in total. The number of fused-ring (bicyclic) bond motifs is 1. The van der Waals surface area contributed by atoms with Gasteiger partial charge in [-0.15, -0.1) is 0 Å². The molecule has 1 saturated carbocycles. The third-order valence-corrected chi connectivity index (χ3v) is 4.98. The van der Waals surface area contributed by atoms with Crippen LogP contribution in [0, 0.1) is 5.92 Å². The van der Waals surface area contributed by atoms with E-state index in [-0.39, 0.29) is 0 Å². The van der Waals surface area contributed by atoms with Crippen LogP contribution >= 0.6 is 0 Å². The van der Waals surface area contributed by atoms with Crippen molar-refractivity contribution in [2.75, 3.05) is 29.4 Å². The first-order valence-corrected chi connectivity index (χ1v) is 8.44. The maximum Gasteiger partial charge on any atom is 0.227 e. The number of anilines is 2. The number of amides is 1. The fourth-order valence-corrected chi connectivity index (χ4v) is 3.76. The molecule has 114 valence electrons. The van der Waals surface area contributed by atoms with Crippen LogP contribution in [0.5, 0.6) is 0 Å². The maximum atomic E-state index is 12.7. The van der Waals surface area contributed by atoms with Crippen LogP contribution in [-0.4, -0.2) is 25.5 Å². The van der Waals surface area contributed by atoms with Gasteiger partial charge in [-0.1, -0.05) is 31.4 Å². The monoisotopic (exact) mass is 286 g/mol. The Balaban J connectivity index is 1.74. The zero-order chi connectivity index (χ0) is 14.7. The van der Waals surface area contributed by atoms with E-state index in [1.807, 2.05) is 11.0 Å². The van der Waals surface area contributed by atoms with Gasteiger partial charge in [-0.3, -0.25) is 4.79 Å². The number of carbonyl (C=O) groups is 1. The van der Waals surface area contributed by atoms with E-state index in [1.165, 1.54) is 37.8 Å².